The number of rotatable bonds is 4. The van der Waals surface area contributed by atoms with E-state index < -0.39 is 0 Å². The van der Waals surface area contributed by atoms with Crippen LogP contribution in [0.15, 0.2) is 54.9 Å². The molecule has 2 fully saturated rings. The molecule has 6 heteroatoms. The lowest BCUT2D eigenvalue weighted by Crippen LogP contribution is -2.52. The molecule has 142 valence electrons. The van der Waals surface area contributed by atoms with Crippen LogP contribution in [-0.4, -0.2) is 61.7 Å². The summed E-state index contributed by atoms with van der Waals surface area (Å²) in [4.78, 5) is 23.3. The second-order valence-corrected chi connectivity index (χ2v) is 7.31. The van der Waals surface area contributed by atoms with Crippen LogP contribution < -0.4 is 15.1 Å². The highest BCUT2D eigenvalue weighted by Gasteiger charge is 2.25. The number of urea groups is 1. The molecule has 0 bridgehead atoms. The van der Waals surface area contributed by atoms with Gasteiger partial charge in [-0.05, 0) is 36.6 Å². The SMILES string of the molecule is O=C(NCC1CCN(c2ccccc2)C1)N1CCN(c2cccnc2)CC1. The van der Waals surface area contributed by atoms with Crippen LogP contribution in [-0.2, 0) is 0 Å². The van der Waals surface area contributed by atoms with E-state index in [1.807, 2.05) is 23.2 Å². The van der Waals surface area contributed by atoms with Crippen LogP contribution in [0.25, 0.3) is 0 Å². The van der Waals surface area contributed by atoms with Gasteiger partial charge in [-0.1, -0.05) is 18.2 Å². The topological polar surface area (TPSA) is 51.7 Å². The van der Waals surface area contributed by atoms with Gasteiger partial charge in [0.2, 0.25) is 0 Å². The fourth-order valence-corrected chi connectivity index (χ4v) is 3.92. The Morgan fingerprint density at radius 3 is 2.48 bits per heavy atom. The summed E-state index contributed by atoms with van der Waals surface area (Å²) in [5.74, 6) is 0.519. The van der Waals surface area contributed by atoms with Crippen molar-refractivity contribution >= 4 is 17.4 Å². The highest BCUT2D eigenvalue weighted by molar-refractivity contribution is 5.74. The molecule has 2 aliphatic heterocycles. The Hall–Kier alpha value is -2.76. The van der Waals surface area contributed by atoms with E-state index in [9.17, 15) is 4.79 Å². The summed E-state index contributed by atoms with van der Waals surface area (Å²) in [7, 11) is 0. The van der Waals surface area contributed by atoms with Gasteiger partial charge in [0.05, 0.1) is 11.9 Å². The Morgan fingerprint density at radius 2 is 1.74 bits per heavy atom. The molecule has 1 aromatic carbocycles. The smallest absolute Gasteiger partial charge is 0.317 e. The fourth-order valence-electron chi connectivity index (χ4n) is 3.92. The maximum Gasteiger partial charge on any atom is 0.317 e. The zero-order valence-corrected chi connectivity index (χ0v) is 15.6. The predicted molar refractivity (Wildman–Crippen MR) is 108 cm³/mol. The molecule has 27 heavy (non-hydrogen) atoms. The van der Waals surface area contributed by atoms with Crippen molar-refractivity contribution in [2.75, 3.05) is 55.6 Å². The van der Waals surface area contributed by atoms with Gasteiger partial charge in [-0.15, -0.1) is 0 Å². The van der Waals surface area contributed by atoms with Crippen molar-refractivity contribution in [3.05, 3.63) is 54.9 Å². The second kappa shape index (κ2) is 8.29. The fraction of sp³-hybridized carbons (Fsp3) is 0.429. The number of para-hydroxylation sites is 1. The summed E-state index contributed by atoms with van der Waals surface area (Å²) in [6, 6.07) is 14.6. The Kier molecular flexibility index (Phi) is 5.42. The normalized spacial score (nSPS) is 20.0. The summed E-state index contributed by atoms with van der Waals surface area (Å²) in [5, 5.41) is 3.15. The molecule has 6 nitrogen and oxygen atoms in total. The summed E-state index contributed by atoms with van der Waals surface area (Å²) in [6.07, 6.45) is 4.80. The first-order chi connectivity index (χ1) is 13.3. The quantitative estimate of drug-likeness (QED) is 0.904. The lowest BCUT2D eigenvalue weighted by Gasteiger charge is -2.36. The molecule has 1 unspecified atom stereocenters. The molecule has 0 saturated carbocycles. The van der Waals surface area contributed by atoms with E-state index in [2.05, 4.69) is 50.4 Å². The van der Waals surface area contributed by atoms with Gasteiger partial charge in [0.25, 0.3) is 0 Å². The molecule has 2 aromatic rings. The minimum atomic E-state index is 0.0685. The number of nitrogens with one attached hydrogen (secondary N) is 1. The number of nitrogens with zero attached hydrogens (tertiary/aromatic N) is 4. The van der Waals surface area contributed by atoms with Gasteiger partial charge in [0.1, 0.15) is 0 Å². The molecule has 4 rings (SSSR count). The third-order valence-corrected chi connectivity index (χ3v) is 5.53. The first-order valence-corrected chi connectivity index (χ1v) is 9.77. The van der Waals surface area contributed by atoms with Gasteiger partial charge in [-0.2, -0.15) is 0 Å². The van der Waals surface area contributed by atoms with E-state index in [0.29, 0.717) is 5.92 Å². The largest absolute Gasteiger partial charge is 0.371 e. The van der Waals surface area contributed by atoms with Crippen molar-refractivity contribution in [2.45, 2.75) is 6.42 Å². The number of amides is 2. The molecule has 2 aliphatic rings. The number of pyridine rings is 1. The molecule has 1 N–H and O–H groups in total. The zero-order chi connectivity index (χ0) is 18.5. The summed E-state index contributed by atoms with van der Waals surface area (Å²) in [5.41, 5.74) is 2.40. The molecule has 3 heterocycles. The highest BCUT2D eigenvalue weighted by atomic mass is 16.2. The van der Waals surface area contributed by atoms with Crippen LogP contribution in [0.5, 0.6) is 0 Å². The van der Waals surface area contributed by atoms with Gasteiger partial charge >= 0.3 is 6.03 Å². The molecule has 0 aliphatic carbocycles. The lowest BCUT2D eigenvalue weighted by molar-refractivity contribution is 0.193. The van der Waals surface area contributed by atoms with Crippen LogP contribution in [0.2, 0.25) is 0 Å². The zero-order valence-electron chi connectivity index (χ0n) is 15.6. The van der Waals surface area contributed by atoms with Crippen molar-refractivity contribution in [1.29, 1.82) is 0 Å². The average molecular weight is 365 g/mol. The minimum Gasteiger partial charge on any atom is -0.371 e. The van der Waals surface area contributed by atoms with Gasteiger partial charge in [0, 0.05) is 57.7 Å². The van der Waals surface area contributed by atoms with E-state index in [-0.39, 0.29) is 6.03 Å². The van der Waals surface area contributed by atoms with Gasteiger partial charge in [-0.3, -0.25) is 4.98 Å². The van der Waals surface area contributed by atoms with E-state index in [1.165, 1.54) is 5.69 Å². The van der Waals surface area contributed by atoms with E-state index in [1.54, 1.807) is 6.20 Å². The van der Waals surface area contributed by atoms with Gasteiger partial charge in [0.15, 0.2) is 0 Å². The van der Waals surface area contributed by atoms with Crippen molar-refractivity contribution in [1.82, 2.24) is 15.2 Å². The number of benzene rings is 1. The van der Waals surface area contributed by atoms with Crippen molar-refractivity contribution in [3.63, 3.8) is 0 Å². The van der Waals surface area contributed by atoms with E-state index >= 15 is 0 Å². The van der Waals surface area contributed by atoms with Gasteiger partial charge in [-0.25, -0.2) is 4.79 Å². The third kappa shape index (κ3) is 4.32. The van der Waals surface area contributed by atoms with Crippen LogP contribution in [0.1, 0.15) is 6.42 Å². The predicted octanol–water partition coefficient (Wildman–Crippen LogP) is 2.44. The Morgan fingerprint density at radius 1 is 0.963 bits per heavy atom. The van der Waals surface area contributed by atoms with Crippen LogP contribution in [0.4, 0.5) is 16.2 Å². The molecule has 0 spiro atoms. The molecular weight excluding hydrogens is 338 g/mol. The number of carbonyl (C=O) groups is 1. The monoisotopic (exact) mass is 365 g/mol. The second-order valence-electron chi connectivity index (χ2n) is 7.31. The summed E-state index contributed by atoms with van der Waals surface area (Å²) < 4.78 is 0. The Bertz CT molecular complexity index is 731. The van der Waals surface area contributed by atoms with Crippen molar-refractivity contribution in [3.8, 4) is 0 Å². The molecule has 1 aromatic heterocycles. The van der Waals surface area contributed by atoms with Crippen LogP contribution >= 0.6 is 0 Å². The average Bonchev–Trinajstić information content (AvgIpc) is 3.22. The van der Waals surface area contributed by atoms with E-state index in [4.69, 9.17) is 0 Å². The molecule has 2 amide bonds. The molecular formula is C21H27N5O. The number of piperazine rings is 1. The molecule has 0 radical (unpaired) electrons. The minimum absolute atomic E-state index is 0.0685. The summed E-state index contributed by atoms with van der Waals surface area (Å²) in [6.45, 7) is 6.04. The number of hydrogen-bond acceptors (Lipinski definition) is 4. The van der Waals surface area contributed by atoms with Crippen molar-refractivity contribution < 1.29 is 4.79 Å². The number of anilines is 2. The maximum atomic E-state index is 12.5. The van der Waals surface area contributed by atoms with Crippen LogP contribution in [0.3, 0.4) is 0 Å². The molecule has 1 atom stereocenters. The van der Waals surface area contributed by atoms with E-state index in [0.717, 1.165) is 57.9 Å². The van der Waals surface area contributed by atoms with Crippen LogP contribution in [0, 0.1) is 5.92 Å². The third-order valence-electron chi connectivity index (χ3n) is 5.53. The Balaban J connectivity index is 1.20. The first kappa shape index (κ1) is 17.6. The maximum absolute atomic E-state index is 12.5. The lowest BCUT2D eigenvalue weighted by atomic mass is 10.1. The van der Waals surface area contributed by atoms with Gasteiger partial charge < -0.3 is 20.0 Å². The Labute approximate surface area is 160 Å². The molecule has 2 saturated heterocycles. The number of carbonyl (C=O) groups excluding carboxylic acids is 1. The first-order valence-electron chi connectivity index (χ1n) is 9.77. The van der Waals surface area contributed by atoms with Crippen molar-refractivity contribution in [2.24, 2.45) is 5.92 Å². The number of hydrogen-bond donors (Lipinski definition) is 1. The number of aromatic nitrogens is 1. The highest BCUT2D eigenvalue weighted by Crippen LogP contribution is 2.23. The standard InChI is InChI=1S/C21H27N5O/c27-21(25-13-11-24(12-14-25)20-7-4-9-22-16-20)23-15-18-8-10-26(17-18)19-5-2-1-3-6-19/h1-7,9,16,18H,8,10-15,17H2,(H,23,27). The summed E-state index contributed by atoms with van der Waals surface area (Å²) >= 11 is 0.